The number of cyclic esters (lactones) is 1. The molecular formula is C14H24O2. The Morgan fingerprint density at radius 2 is 1.38 bits per heavy atom. The Balaban J connectivity index is 2.21. The molecule has 0 aromatic rings. The van der Waals surface area contributed by atoms with Gasteiger partial charge in [0.1, 0.15) is 0 Å². The molecule has 2 nitrogen and oxygen atoms in total. The summed E-state index contributed by atoms with van der Waals surface area (Å²) in [6.45, 7) is 0.586. The Kier molecular flexibility index (Phi) is 7.83. The summed E-state index contributed by atoms with van der Waals surface area (Å²) < 4.78 is 5.09. The third-order valence-electron chi connectivity index (χ3n) is 3.01. The highest BCUT2D eigenvalue weighted by atomic mass is 16.5. The maximum Gasteiger partial charge on any atom is 0.330 e. The highest BCUT2D eigenvalue weighted by Crippen LogP contribution is 2.11. The SMILES string of the molecule is O=C1/C=C/CCCCCCCCCCCO1. The molecule has 0 bridgehead atoms. The molecule has 0 aromatic heterocycles. The molecule has 0 aromatic carbocycles. The highest BCUT2D eigenvalue weighted by Gasteiger charge is 1.98. The molecule has 1 heterocycles. The molecule has 0 amide bonds. The molecule has 0 radical (unpaired) electrons. The number of ether oxygens (including phenoxy) is 1. The van der Waals surface area contributed by atoms with Crippen LogP contribution in [-0.2, 0) is 9.53 Å². The maximum atomic E-state index is 11.2. The van der Waals surface area contributed by atoms with Crippen LogP contribution in [0.5, 0.6) is 0 Å². The van der Waals surface area contributed by atoms with Crippen molar-refractivity contribution >= 4 is 5.97 Å². The van der Waals surface area contributed by atoms with Crippen LogP contribution in [0.1, 0.15) is 64.2 Å². The lowest BCUT2D eigenvalue weighted by Gasteiger charge is -2.02. The van der Waals surface area contributed by atoms with E-state index in [1.165, 1.54) is 51.4 Å². The molecule has 0 saturated carbocycles. The normalized spacial score (nSPS) is 23.9. The number of esters is 1. The van der Waals surface area contributed by atoms with Crippen LogP contribution < -0.4 is 0 Å². The van der Waals surface area contributed by atoms with Crippen molar-refractivity contribution in [1.82, 2.24) is 0 Å². The molecular weight excluding hydrogens is 200 g/mol. The lowest BCUT2D eigenvalue weighted by Crippen LogP contribution is -2.02. The Labute approximate surface area is 99.1 Å². The smallest absolute Gasteiger partial charge is 0.330 e. The first-order chi connectivity index (χ1) is 7.89. The van der Waals surface area contributed by atoms with Crippen molar-refractivity contribution in [3.8, 4) is 0 Å². The van der Waals surface area contributed by atoms with Gasteiger partial charge in [0.05, 0.1) is 6.61 Å². The second kappa shape index (κ2) is 9.44. The minimum atomic E-state index is -0.171. The maximum absolute atomic E-state index is 11.2. The molecule has 0 saturated heterocycles. The molecule has 16 heavy (non-hydrogen) atoms. The summed E-state index contributed by atoms with van der Waals surface area (Å²) in [5.74, 6) is -0.171. The van der Waals surface area contributed by atoms with E-state index in [9.17, 15) is 4.79 Å². The molecule has 0 spiro atoms. The number of rotatable bonds is 0. The van der Waals surface area contributed by atoms with E-state index in [1.54, 1.807) is 6.08 Å². The summed E-state index contributed by atoms with van der Waals surface area (Å²) in [5, 5.41) is 0. The van der Waals surface area contributed by atoms with Crippen molar-refractivity contribution in [3.63, 3.8) is 0 Å². The van der Waals surface area contributed by atoms with Gasteiger partial charge in [-0.2, -0.15) is 0 Å². The Morgan fingerprint density at radius 3 is 2.06 bits per heavy atom. The van der Waals surface area contributed by atoms with Crippen molar-refractivity contribution in [3.05, 3.63) is 12.2 Å². The average molecular weight is 224 g/mol. The molecule has 2 heteroatoms. The minimum absolute atomic E-state index is 0.171. The fraction of sp³-hybridized carbons (Fsp3) is 0.786. The minimum Gasteiger partial charge on any atom is -0.463 e. The van der Waals surface area contributed by atoms with Crippen molar-refractivity contribution in [2.75, 3.05) is 6.61 Å². The number of carbonyl (C=O) groups is 1. The first kappa shape index (κ1) is 13.3. The molecule has 0 unspecified atom stereocenters. The molecule has 0 atom stereocenters. The summed E-state index contributed by atoms with van der Waals surface area (Å²) in [6.07, 6.45) is 15.9. The van der Waals surface area contributed by atoms with E-state index >= 15 is 0 Å². The fourth-order valence-electron chi connectivity index (χ4n) is 2.00. The quantitative estimate of drug-likeness (QED) is 0.581. The topological polar surface area (TPSA) is 26.3 Å². The van der Waals surface area contributed by atoms with Crippen molar-refractivity contribution in [2.24, 2.45) is 0 Å². The van der Waals surface area contributed by atoms with Crippen molar-refractivity contribution < 1.29 is 9.53 Å². The predicted octanol–water partition coefficient (Wildman–Crippen LogP) is 4.00. The van der Waals surface area contributed by atoms with Crippen LogP contribution in [0.15, 0.2) is 12.2 Å². The summed E-state index contributed by atoms with van der Waals surface area (Å²) in [4.78, 5) is 11.2. The van der Waals surface area contributed by atoms with E-state index in [-0.39, 0.29) is 5.97 Å². The van der Waals surface area contributed by atoms with Crippen molar-refractivity contribution in [2.45, 2.75) is 64.2 Å². The average Bonchev–Trinajstić information content (AvgIpc) is 2.29. The van der Waals surface area contributed by atoms with Crippen LogP contribution in [0, 0.1) is 0 Å². The zero-order valence-corrected chi connectivity index (χ0v) is 10.2. The third kappa shape index (κ3) is 7.49. The Hall–Kier alpha value is -0.790. The number of hydrogen-bond acceptors (Lipinski definition) is 2. The fourth-order valence-corrected chi connectivity index (χ4v) is 2.00. The van der Waals surface area contributed by atoms with E-state index in [0.29, 0.717) is 6.61 Å². The first-order valence-corrected chi connectivity index (χ1v) is 6.73. The molecule has 92 valence electrons. The number of allylic oxidation sites excluding steroid dienone is 1. The lowest BCUT2D eigenvalue weighted by molar-refractivity contribution is -0.137. The van der Waals surface area contributed by atoms with E-state index in [0.717, 1.165) is 12.8 Å². The molecule has 0 N–H and O–H groups in total. The summed E-state index contributed by atoms with van der Waals surface area (Å²) >= 11 is 0. The van der Waals surface area contributed by atoms with E-state index in [1.807, 2.05) is 6.08 Å². The van der Waals surface area contributed by atoms with Gasteiger partial charge in [0, 0.05) is 6.08 Å². The zero-order valence-electron chi connectivity index (χ0n) is 10.2. The van der Waals surface area contributed by atoms with Gasteiger partial charge >= 0.3 is 5.97 Å². The highest BCUT2D eigenvalue weighted by molar-refractivity contribution is 5.81. The molecule has 0 fully saturated rings. The molecule has 1 rings (SSSR count). The van der Waals surface area contributed by atoms with Crippen LogP contribution in [0.2, 0.25) is 0 Å². The van der Waals surface area contributed by atoms with Gasteiger partial charge in [0.25, 0.3) is 0 Å². The van der Waals surface area contributed by atoms with E-state index < -0.39 is 0 Å². The first-order valence-electron chi connectivity index (χ1n) is 6.73. The van der Waals surface area contributed by atoms with Crippen LogP contribution in [-0.4, -0.2) is 12.6 Å². The lowest BCUT2D eigenvalue weighted by atomic mass is 10.1. The van der Waals surface area contributed by atoms with Gasteiger partial charge in [-0.1, -0.05) is 51.0 Å². The van der Waals surface area contributed by atoms with Gasteiger partial charge in [-0.15, -0.1) is 0 Å². The van der Waals surface area contributed by atoms with Crippen molar-refractivity contribution in [1.29, 1.82) is 0 Å². The monoisotopic (exact) mass is 224 g/mol. The molecule has 1 aliphatic rings. The van der Waals surface area contributed by atoms with Gasteiger partial charge in [0.2, 0.25) is 0 Å². The molecule has 0 aliphatic carbocycles. The largest absolute Gasteiger partial charge is 0.463 e. The van der Waals surface area contributed by atoms with Crippen LogP contribution in [0.25, 0.3) is 0 Å². The standard InChI is InChI=1S/C14H24O2/c15-14-12-10-8-6-4-2-1-3-5-7-9-11-13-16-14/h10,12H,1-9,11,13H2/b12-10+. The summed E-state index contributed by atoms with van der Waals surface area (Å²) in [6, 6.07) is 0. The Morgan fingerprint density at radius 1 is 0.812 bits per heavy atom. The predicted molar refractivity (Wildman–Crippen MR) is 66.3 cm³/mol. The third-order valence-corrected chi connectivity index (χ3v) is 3.01. The van der Waals surface area contributed by atoms with Crippen LogP contribution in [0.4, 0.5) is 0 Å². The Bertz CT molecular complexity index is 209. The summed E-state index contributed by atoms with van der Waals surface area (Å²) in [7, 11) is 0. The van der Waals surface area contributed by atoms with Gasteiger partial charge in [0.15, 0.2) is 0 Å². The number of carbonyl (C=O) groups excluding carboxylic acids is 1. The van der Waals surface area contributed by atoms with Gasteiger partial charge < -0.3 is 4.74 Å². The van der Waals surface area contributed by atoms with E-state index in [2.05, 4.69) is 0 Å². The van der Waals surface area contributed by atoms with E-state index in [4.69, 9.17) is 4.74 Å². The second-order valence-corrected chi connectivity index (χ2v) is 4.54. The summed E-state index contributed by atoms with van der Waals surface area (Å²) in [5.41, 5.74) is 0. The van der Waals surface area contributed by atoms with Crippen LogP contribution in [0.3, 0.4) is 0 Å². The number of hydrogen-bond donors (Lipinski definition) is 0. The molecule has 1 aliphatic heterocycles. The van der Waals surface area contributed by atoms with Gasteiger partial charge in [-0.25, -0.2) is 4.79 Å². The second-order valence-electron chi connectivity index (χ2n) is 4.54. The van der Waals surface area contributed by atoms with Gasteiger partial charge in [-0.3, -0.25) is 0 Å². The zero-order chi connectivity index (χ0) is 11.5. The van der Waals surface area contributed by atoms with Gasteiger partial charge in [-0.05, 0) is 19.3 Å². The van der Waals surface area contributed by atoms with Crippen LogP contribution >= 0.6 is 0 Å².